The van der Waals surface area contributed by atoms with E-state index in [1.54, 1.807) is 25.2 Å². The number of amidine groups is 1. The standard InChI is InChI=1S/C11H13N5O2S/c1-16-7-10(6-14-16)19(17,18)15-9-4-2-3-8(5-9)11(12)13/h2-7,15H,1H3,(H3,12,13). The van der Waals surface area contributed by atoms with E-state index in [2.05, 4.69) is 9.82 Å². The Hall–Kier alpha value is -2.35. The van der Waals surface area contributed by atoms with Gasteiger partial charge < -0.3 is 5.73 Å². The SMILES string of the molecule is Cn1cc(S(=O)(=O)Nc2cccc(C(=N)N)c2)cn1. The lowest BCUT2D eigenvalue weighted by Crippen LogP contribution is -2.14. The van der Waals surface area contributed by atoms with E-state index >= 15 is 0 Å². The topological polar surface area (TPSA) is 114 Å². The van der Waals surface area contributed by atoms with Crippen molar-refractivity contribution in [3.8, 4) is 0 Å². The third-order valence-corrected chi connectivity index (χ3v) is 3.75. The highest BCUT2D eigenvalue weighted by Crippen LogP contribution is 2.16. The van der Waals surface area contributed by atoms with Crippen molar-refractivity contribution in [3.63, 3.8) is 0 Å². The van der Waals surface area contributed by atoms with Crippen LogP contribution in [0.25, 0.3) is 0 Å². The molecule has 4 N–H and O–H groups in total. The van der Waals surface area contributed by atoms with Gasteiger partial charge in [0.2, 0.25) is 0 Å². The number of benzene rings is 1. The summed E-state index contributed by atoms with van der Waals surface area (Å²) in [7, 11) is -2.05. The maximum atomic E-state index is 12.0. The van der Waals surface area contributed by atoms with E-state index in [9.17, 15) is 8.42 Å². The molecular weight excluding hydrogens is 266 g/mol. The van der Waals surface area contributed by atoms with E-state index in [0.717, 1.165) is 0 Å². The number of aryl methyl sites for hydroxylation is 1. The molecule has 0 atom stereocenters. The molecule has 1 heterocycles. The molecule has 0 radical (unpaired) electrons. The maximum Gasteiger partial charge on any atom is 0.265 e. The van der Waals surface area contributed by atoms with Gasteiger partial charge in [0.25, 0.3) is 10.0 Å². The summed E-state index contributed by atoms with van der Waals surface area (Å²) >= 11 is 0. The van der Waals surface area contributed by atoms with Gasteiger partial charge >= 0.3 is 0 Å². The maximum absolute atomic E-state index is 12.0. The number of sulfonamides is 1. The first-order chi connectivity index (χ1) is 8.88. The number of hydrogen-bond donors (Lipinski definition) is 3. The Morgan fingerprint density at radius 1 is 1.47 bits per heavy atom. The number of nitrogens with one attached hydrogen (secondary N) is 2. The number of nitrogen functional groups attached to an aromatic ring is 1. The largest absolute Gasteiger partial charge is 0.384 e. The fraction of sp³-hybridized carbons (Fsp3) is 0.0909. The fourth-order valence-electron chi connectivity index (χ4n) is 1.50. The highest BCUT2D eigenvalue weighted by Gasteiger charge is 2.16. The molecule has 0 bridgehead atoms. The van der Waals surface area contributed by atoms with Crippen molar-refractivity contribution in [1.29, 1.82) is 5.41 Å². The molecule has 0 aliphatic carbocycles. The molecule has 0 saturated heterocycles. The Bertz CT molecular complexity index is 720. The van der Waals surface area contributed by atoms with E-state index in [1.807, 2.05) is 0 Å². The minimum Gasteiger partial charge on any atom is -0.384 e. The van der Waals surface area contributed by atoms with Gasteiger partial charge in [0, 0.05) is 24.5 Å². The molecule has 2 rings (SSSR count). The van der Waals surface area contributed by atoms with Gasteiger partial charge in [-0.1, -0.05) is 12.1 Å². The molecule has 19 heavy (non-hydrogen) atoms. The van der Waals surface area contributed by atoms with Crippen LogP contribution in [0.15, 0.2) is 41.6 Å². The molecule has 0 spiro atoms. The zero-order valence-electron chi connectivity index (χ0n) is 10.2. The summed E-state index contributed by atoms with van der Waals surface area (Å²) in [6, 6.07) is 6.33. The van der Waals surface area contributed by atoms with E-state index in [-0.39, 0.29) is 10.7 Å². The predicted molar refractivity (Wildman–Crippen MR) is 71.5 cm³/mol. The Kier molecular flexibility index (Phi) is 3.26. The third kappa shape index (κ3) is 2.91. The number of nitrogens with zero attached hydrogens (tertiary/aromatic N) is 2. The normalized spacial score (nSPS) is 11.2. The van der Waals surface area contributed by atoms with Crippen LogP contribution in [0, 0.1) is 5.41 Å². The lowest BCUT2D eigenvalue weighted by Gasteiger charge is -2.07. The van der Waals surface area contributed by atoms with Gasteiger partial charge in [-0.3, -0.25) is 14.8 Å². The minimum atomic E-state index is -3.68. The molecule has 0 unspecified atom stereocenters. The van der Waals surface area contributed by atoms with Crippen LogP contribution >= 0.6 is 0 Å². The van der Waals surface area contributed by atoms with Gasteiger partial charge in [-0.25, -0.2) is 8.42 Å². The summed E-state index contributed by atoms with van der Waals surface area (Å²) in [6.45, 7) is 0. The molecule has 1 aromatic carbocycles. The van der Waals surface area contributed by atoms with Crippen molar-refractivity contribution in [3.05, 3.63) is 42.2 Å². The molecule has 7 nitrogen and oxygen atoms in total. The second kappa shape index (κ2) is 4.73. The molecular formula is C11H13N5O2S. The summed E-state index contributed by atoms with van der Waals surface area (Å²) in [5, 5.41) is 11.1. The van der Waals surface area contributed by atoms with Gasteiger partial charge in [0.15, 0.2) is 0 Å². The molecule has 8 heteroatoms. The van der Waals surface area contributed by atoms with E-state index < -0.39 is 10.0 Å². The number of rotatable bonds is 4. The molecule has 0 aliphatic heterocycles. The van der Waals surface area contributed by atoms with Crippen LogP contribution in [-0.4, -0.2) is 24.0 Å². The number of nitrogens with two attached hydrogens (primary N) is 1. The molecule has 0 amide bonds. The highest BCUT2D eigenvalue weighted by atomic mass is 32.2. The highest BCUT2D eigenvalue weighted by molar-refractivity contribution is 7.92. The summed E-state index contributed by atoms with van der Waals surface area (Å²) in [5.74, 6) is -0.123. The van der Waals surface area contributed by atoms with Crippen LogP contribution < -0.4 is 10.5 Å². The lowest BCUT2D eigenvalue weighted by molar-refractivity contribution is 0.601. The van der Waals surface area contributed by atoms with Crippen LogP contribution in [0.2, 0.25) is 0 Å². The summed E-state index contributed by atoms with van der Waals surface area (Å²) in [4.78, 5) is 0.0724. The average Bonchev–Trinajstić information content (AvgIpc) is 2.76. The summed E-state index contributed by atoms with van der Waals surface area (Å²) in [5.41, 5.74) is 6.15. The van der Waals surface area contributed by atoms with E-state index in [1.165, 1.54) is 23.1 Å². The first kappa shape index (κ1) is 13.1. The molecule has 0 fully saturated rings. The second-order valence-electron chi connectivity index (χ2n) is 3.95. The van der Waals surface area contributed by atoms with Crippen LogP contribution in [0.3, 0.4) is 0 Å². The van der Waals surface area contributed by atoms with Crippen molar-refractivity contribution >= 4 is 21.5 Å². The fourth-order valence-corrected chi connectivity index (χ4v) is 2.53. The summed E-state index contributed by atoms with van der Waals surface area (Å²) in [6.07, 6.45) is 2.66. The number of anilines is 1. The van der Waals surface area contributed by atoms with Crippen molar-refractivity contribution in [1.82, 2.24) is 9.78 Å². The monoisotopic (exact) mass is 279 g/mol. The molecule has 100 valence electrons. The van der Waals surface area contributed by atoms with Gasteiger partial charge in [-0.2, -0.15) is 5.10 Å². The Morgan fingerprint density at radius 3 is 2.79 bits per heavy atom. The first-order valence-corrected chi connectivity index (χ1v) is 6.83. The minimum absolute atomic E-state index is 0.0724. The quantitative estimate of drug-likeness (QED) is 0.558. The zero-order valence-corrected chi connectivity index (χ0v) is 11.0. The van der Waals surface area contributed by atoms with Crippen molar-refractivity contribution < 1.29 is 8.42 Å². The van der Waals surface area contributed by atoms with E-state index in [0.29, 0.717) is 11.3 Å². The summed E-state index contributed by atoms with van der Waals surface area (Å²) < 4.78 is 27.9. The number of aromatic nitrogens is 2. The molecule has 0 saturated carbocycles. The Morgan fingerprint density at radius 2 is 2.21 bits per heavy atom. The lowest BCUT2D eigenvalue weighted by atomic mass is 10.2. The van der Waals surface area contributed by atoms with E-state index in [4.69, 9.17) is 11.1 Å². The van der Waals surface area contributed by atoms with Crippen molar-refractivity contribution in [2.45, 2.75) is 4.90 Å². The van der Waals surface area contributed by atoms with Gasteiger partial charge in [-0.05, 0) is 12.1 Å². The Balaban J connectivity index is 2.30. The predicted octanol–water partition coefficient (Wildman–Crippen LogP) is 0.505. The van der Waals surface area contributed by atoms with Crippen molar-refractivity contribution in [2.75, 3.05) is 4.72 Å². The van der Waals surface area contributed by atoms with Crippen LogP contribution in [-0.2, 0) is 17.1 Å². The van der Waals surface area contributed by atoms with Crippen LogP contribution in [0.1, 0.15) is 5.56 Å². The molecule has 2 aromatic rings. The van der Waals surface area contributed by atoms with Gasteiger partial charge in [0.1, 0.15) is 10.7 Å². The van der Waals surface area contributed by atoms with Crippen molar-refractivity contribution in [2.24, 2.45) is 12.8 Å². The zero-order chi connectivity index (χ0) is 14.0. The molecule has 1 aromatic heterocycles. The van der Waals surface area contributed by atoms with Crippen LogP contribution in [0.5, 0.6) is 0 Å². The Labute approximate surface area is 110 Å². The van der Waals surface area contributed by atoms with Gasteiger partial charge in [0.05, 0.1) is 6.20 Å². The van der Waals surface area contributed by atoms with Gasteiger partial charge in [-0.15, -0.1) is 0 Å². The third-order valence-electron chi connectivity index (χ3n) is 2.42. The van der Waals surface area contributed by atoms with Crippen LogP contribution in [0.4, 0.5) is 5.69 Å². The average molecular weight is 279 g/mol. The first-order valence-electron chi connectivity index (χ1n) is 5.34. The second-order valence-corrected chi connectivity index (χ2v) is 5.63. The molecule has 0 aliphatic rings. The number of hydrogen-bond acceptors (Lipinski definition) is 4. The smallest absolute Gasteiger partial charge is 0.265 e.